The molecule has 0 aromatic heterocycles. The molecule has 0 aliphatic heterocycles. The topological polar surface area (TPSA) is 102 Å². The van der Waals surface area contributed by atoms with Crippen LogP contribution in [0.1, 0.15) is 23.7 Å². The van der Waals surface area contributed by atoms with E-state index < -0.39 is 5.91 Å². The van der Waals surface area contributed by atoms with E-state index in [1.54, 1.807) is 30.3 Å². The van der Waals surface area contributed by atoms with Crippen molar-refractivity contribution in [2.45, 2.75) is 13.3 Å². The molecule has 3 N–H and O–H groups in total. The quantitative estimate of drug-likeness (QED) is 0.303. The number of Topliss-reactive ketones (excluding diaryl/α,β-unsaturated/α-hetero) is 1. The van der Waals surface area contributed by atoms with Crippen LogP contribution in [-0.4, -0.2) is 29.9 Å². The molecule has 0 saturated carbocycles. The van der Waals surface area contributed by atoms with Crippen LogP contribution in [0.15, 0.2) is 36.0 Å². The van der Waals surface area contributed by atoms with Gasteiger partial charge in [0.1, 0.15) is 11.6 Å². The van der Waals surface area contributed by atoms with Crippen LogP contribution in [0.5, 0.6) is 0 Å². The Hall–Kier alpha value is -2.65. The van der Waals surface area contributed by atoms with Crippen LogP contribution in [-0.2, 0) is 4.79 Å². The van der Waals surface area contributed by atoms with Crippen LogP contribution in [0.4, 0.5) is 5.69 Å². The number of rotatable bonds is 7. The minimum absolute atomic E-state index is 0.0391. The summed E-state index contributed by atoms with van der Waals surface area (Å²) in [5.74, 6) is -0.594. The number of nitrogens with one attached hydrogen (secondary N) is 2. The number of nitrogens with zero attached hydrogens (tertiary/aromatic N) is 1. The maximum Gasteiger partial charge on any atom is 0.267 e. The SMILES string of the molecule is CC(=O)c1ccc(NC(=O)/C(C#N)=C\NCCCO)cc1. The molecule has 0 atom stereocenters. The fourth-order valence-electron chi connectivity index (χ4n) is 1.49. The monoisotopic (exact) mass is 287 g/mol. The molecular formula is C15H17N3O3. The van der Waals surface area contributed by atoms with E-state index in [1.807, 2.05) is 0 Å². The molecule has 0 heterocycles. The molecular weight excluding hydrogens is 270 g/mol. The maximum absolute atomic E-state index is 11.9. The van der Waals surface area contributed by atoms with Crippen LogP contribution in [0.3, 0.4) is 0 Å². The lowest BCUT2D eigenvalue weighted by Crippen LogP contribution is -2.17. The second-order valence-corrected chi connectivity index (χ2v) is 4.29. The standard InChI is InChI=1S/C15H17N3O3/c1-11(20)12-3-5-14(6-4-12)18-15(21)13(9-16)10-17-7-2-8-19/h3-6,10,17,19H,2,7-8H2,1H3,(H,18,21)/b13-10-. The second kappa shape index (κ2) is 8.51. The lowest BCUT2D eigenvalue weighted by atomic mass is 10.1. The lowest BCUT2D eigenvalue weighted by Gasteiger charge is -2.05. The normalized spacial score (nSPS) is 10.6. The summed E-state index contributed by atoms with van der Waals surface area (Å²) in [7, 11) is 0. The fraction of sp³-hybridized carbons (Fsp3) is 0.267. The van der Waals surface area contributed by atoms with E-state index in [9.17, 15) is 9.59 Å². The van der Waals surface area contributed by atoms with Gasteiger partial charge in [0.25, 0.3) is 5.91 Å². The summed E-state index contributed by atoms with van der Waals surface area (Å²) in [4.78, 5) is 23.0. The van der Waals surface area contributed by atoms with E-state index in [4.69, 9.17) is 10.4 Å². The highest BCUT2D eigenvalue weighted by atomic mass is 16.3. The van der Waals surface area contributed by atoms with E-state index in [1.165, 1.54) is 13.1 Å². The number of benzene rings is 1. The summed E-state index contributed by atoms with van der Waals surface area (Å²) in [5, 5.41) is 22.9. The summed E-state index contributed by atoms with van der Waals surface area (Å²) in [6, 6.07) is 8.21. The van der Waals surface area contributed by atoms with E-state index in [-0.39, 0.29) is 18.0 Å². The van der Waals surface area contributed by atoms with Gasteiger partial charge in [-0.2, -0.15) is 5.26 Å². The molecule has 21 heavy (non-hydrogen) atoms. The first-order chi connectivity index (χ1) is 10.1. The van der Waals surface area contributed by atoms with Crippen molar-refractivity contribution in [3.8, 4) is 6.07 Å². The van der Waals surface area contributed by atoms with Crippen molar-refractivity contribution in [3.05, 3.63) is 41.6 Å². The highest BCUT2D eigenvalue weighted by Gasteiger charge is 2.09. The summed E-state index contributed by atoms with van der Waals surface area (Å²) in [5.41, 5.74) is 0.986. The van der Waals surface area contributed by atoms with Gasteiger partial charge in [0.15, 0.2) is 5.78 Å². The Morgan fingerprint density at radius 1 is 1.33 bits per heavy atom. The number of carbonyl (C=O) groups is 2. The molecule has 0 radical (unpaired) electrons. The number of nitriles is 1. The number of aliphatic hydroxyl groups is 1. The summed E-state index contributed by atoms with van der Waals surface area (Å²) in [6.45, 7) is 1.97. The Bertz CT molecular complexity index is 571. The van der Waals surface area contributed by atoms with Gasteiger partial charge in [0.05, 0.1) is 0 Å². The molecule has 110 valence electrons. The van der Waals surface area contributed by atoms with Crippen molar-refractivity contribution in [3.63, 3.8) is 0 Å². The number of aliphatic hydroxyl groups excluding tert-OH is 1. The third-order valence-electron chi connectivity index (χ3n) is 2.64. The van der Waals surface area contributed by atoms with Gasteiger partial charge in [-0.3, -0.25) is 9.59 Å². The average Bonchev–Trinajstić information content (AvgIpc) is 2.47. The zero-order valence-electron chi connectivity index (χ0n) is 11.7. The smallest absolute Gasteiger partial charge is 0.267 e. The number of hydrogen-bond acceptors (Lipinski definition) is 5. The molecule has 0 spiro atoms. The molecule has 0 saturated heterocycles. The zero-order valence-corrected chi connectivity index (χ0v) is 11.7. The molecule has 0 unspecified atom stereocenters. The van der Waals surface area contributed by atoms with Gasteiger partial charge in [-0.25, -0.2) is 0 Å². The summed E-state index contributed by atoms with van der Waals surface area (Å²) >= 11 is 0. The van der Waals surface area contributed by atoms with E-state index in [0.717, 1.165) is 0 Å². The number of anilines is 1. The predicted octanol–water partition coefficient (Wildman–Crippen LogP) is 1.21. The zero-order chi connectivity index (χ0) is 15.7. The van der Waals surface area contributed by atoms with Crippen molar-refractivity contribution < 1.29 is 14.7 Å². The van der Waals surface area contributed by atoms with Gasteiger partial charge in [0, 0.05) is 30.6 Å². The maximum atomic E-state index is 11.9. The molecule has 0 aliphatic rings. The molecule has 0 aliphatic carbocycles. The van der Waals surface area contributed by atoms with Crippen molar-refractivity contribution in [2.24, 2.45) is 0 Å². The van der Waals surface area contributed by atoms with Crippen molar-refractivity contribution in [1.29, 1.82) is 5.26 Å². The molecule has 0 fully saturated rings. The van der Waals surface area contributed by atoms with Crippen molar-refractivity contribution >= 4 is 17.4 Å². The highest BCUT2D eigenvalue weighted by molar-refractivity contribution is 6.06. The third kappa shape index (κ3) is 5.47. The van der Waals surface area contributed by atoms with Gasteiger partial charge in [-0.1, -0.05) is 0 Å². The molecule has 6 nitrogen and oxygen atoms in total. The lowest BCUT2D eigenvalue weighted by molar-refractivity contribution is -0.112. The number of carbonyl (C=O) groups excluding carboxylic acids is 2. The van der Waals surface area contributed by atoms with Crippen LogP contribution in [0.25, 0.3) is 0 Å². The molecule has 1 amide bonds. The van der Waals surface area contributed by atoms with Crippen LogP contribution in [0, 0.1) is 11.3 Å². The first-order valence-corrected chi connectivity index (χ1v) is 6.45. The van der Waals surface area contributed by atoms with E-state index in [0.29, 0.717) is 24.2 Å². The van der Waals surface area contributed by atoms with Crippen molar-refractivity contribution in [2.75, 3.05) is 18.5 Å². The molecule has 1 rings (SSSR count). The second-order valence-electron chi connectivity index (χ2n) is 4.29. The summed E-state index contributed by atoms with van der Waals surface area (Å²) < 4.78 is 0. The number of amides is 1. The van der Waals surface area contributed by atoms with Crippen LogP contribution >= 0.6 is 0 Å². The molecule has 0 bridgehead atoms. The minimum atomic E-state index is -0.537. The van der Waals surface area contributed by atoms with Gasteiger partial charge in [0.2, 0.25) is 0 Å². The van der Waals surface area contributed by atoms with Crippen molar-refractivity contribution in [1.82, 2.24) is 5.32 Å². The predicted molar refractivity (Wildman–Crippen MR) is 78.5 cm³/mol. The first-order valence-electron chi connectivity index (χ1n) is 6.45. The highest BCUT2D eigenvalue weighted by Crippen LogP contribution is 2.11. The Kier molecular flexibility index (Phi) is 6.65. The van der Waals surface area contributed by atoms with Gasteiger partial charge < -0.3 is 15.7 Å². The molecule has 1 aromatic rings. The molecule has 6 heteroatoms. The Labute approximate surface area is 123 Å². The number of hydrogen-bond donors (Lipinski definition) is 3. The molecule has 1 aromatic carbocycles. The Balaban J connectivity index is 2.65. The minimum Gasteiger partial charge on any atom is -0.396 e. The van der Waals surface area contributed by atoms with Gasteiger partial charge >= 0.3 is 0 Å². The van der Waals surface area contributed by atoms with E-state index in [2.05, 4.69) is 10.6 Å². The third-order valence-corrected chi connectivity index (χ3v) is 2.64. The Morgan fingerprint density at radius 3 is 2.52 bits per heavy atom. The van der Waals surface area contributed by atoms with Gasteiger partial charge in [-0.15, -0.1) is 0 Å². The van der Waals surface area contributed by atoms with Crippen LogP contribution in [0.2, 0.25) is 0 Å². The average molecular weight is 287 g/mol. The Morgan fingerprint density at radius 2 is 2.00 bits per heavy atom. The summed E-state index contributed by atoms with van der Waals surface area (Å²) in [6.07, 6.45) is 1.85. The fourth-order valence-corrected chi connectivity index (χ4v) is 1.49. The largest absolute Gasteiger partial charge is 0.396 e. The number of ketones is 1. The van der Waals surface area contributed by atoms with E-state index >= 15 is 0 Å². The van der Waals surface area contributed by atoms with Gasteiger partial charge in [-0.05, 0) is 37.6 Å². The van der Waals surface area contributed by atoms with Crippen LogP contribution < -0.4 is 10.6 Å². The first kappa shape index (κ1) is 16.4.